The van der Waals surface area contributed by atoms with Crippen molar-refractivity contribution < 1.29 is 29.6 Å². The number of aliphatic hydroxyl groups is 3. The van der Waals surface area contributed by atoms with Crippen LogP contribution in [-0.4, -0.2) is 117 Å². The monoisotopic (exact) mass is 603 g/mol. The molecule has 0 radical (unpaired) electrons. The van der Waals surface area contributed by atoms with Crippen LogP contribution in [0.2, 0.25) is 0 Å². The van der Waals surface area contributed by atoms with E-state index >= 15 is 0 Å². The molecule has 0 unspecified atom stereocenters. The summed E-state index contributed by atoms with van der Waals surface area (Å²) in [7, 11) is 0. The first-order valence-corrected chi connectivity index (χ1v) is 14.8. The number of carbonyl (C=O) groups excluding carboxylic acids is 1. The zero-order chi connectivity index (χ0) is 30.5. The van der Waals surface area contributed by atoms with Gasteiger partial charge < -0.3 is 35.4 Å². The lowest BCUT2D eigenvalue weighted by molar-refractivity contribution is -0.0511. The number of hydrogen-bond acceptors (Lipinski definition) is 11. The number of benzene rings is 2. The molecule has 2 aliphatic rings. The molecular formula is C31H37N7O6. The van der Waals surface area contributed by atoms with Crippen molar-refractivity contribution >= 4 is 22.9 Å². The van der Waals surface area contributed by atoms with E-state index in [0.717, 1.165) is 24.2 Å². The van der Waals surface area contributed by atoms with Crippen LogP contribution in [0.1, 0.15) is 33.9 Å². The van der Waals surface area contributed by atoms with Crippen LogP contribution in [0.4, 0.5) is 5.82 Å². The quantitative estimate of drug-likeness (QED) is 0.164. The van der Waals surface area contributed by atoms with Gasteiger partial charge in [0.1, 0.15) is 18.3 Å². The summed E-state index contributed by atoms with van der Waals surface area (Å²) in [6, 6.07) is 20.2. The number of rotatable bonds is 11. The third-order valence-corrected chi connectivity index (χ3v) is 8.11. The van der Waals surface area contributed by atoms with Crippen molar-refractivity contribution in [1.82, 2.24) is 29.7 Å². The lowest BCUT2D eigenvalue weighted by atomic mass is 9.91. The van der Waals surface area contributed by atoms with Gasteiger partial charge in [0.2, 0.25) is 5.82 Å². The van der Waals surface area contributed by atoms with Crippen molar-refractivity contribution in [3.63, 3.8) is 0 Å². The SMILES string of the molecule is O=C(NCCN1CCOCC1)c1nc(NCC(c2ccccc2)c2ccccc2)c2ncn([C@@H]3O[C@H](CO)[C@@H](O)[C@H]3O)c2n1. The molecule has 2 aromatic carbocycles. The molecular weight excluding hydrogens is 566 g/mol. The van der Waals surface area contributed by atoms with Gasteiger partial charge in [0.25, 0.3) is 5.91 Å². The molecule has 4 heterocycles. The van der Waals surface area contributed by atoms with Crippen LogP contribution >= 0.6 is 0 Å². The van der Waals surface area contributed by atoms with Crippen LogP contribution in [0.15, 0.2) is 67.0 Å². The second kappa shape index (κ2) is 13.8. The summed E-state index contributed by atoms with van der Waals surface area (Å²) in [5.41, 5.74) is 2.82. The standard InChI is InChI=1S/C31H37N7O6/c39-18-23-25(40)26(41)31(44-23)38-19-34-24-27(33-17-22(20-7-3-1-4-8-20)21-9-5-2-6-10-21)35-28(36-29(24)38)30(42)32-11-12-37-13-15-43-16-14-37/h1-10,19,22-23,25-26,31,39-41H,11-18H2,(H,32,42)(H,33,35,36)/t23-,25-,26-,31-/m1/s1. The Morgan fingerprint density at radius 3 is 2.30 bits per heavy atom. The van der Waals surface area contributed by atoms with E-state index in [1.165, 1.54) is 10.9 Å². The molecule has 0 aliphatic carbocycles. The number of amides is 1. The molecule has 13 heteroatoms. The summed E-state index contributed by atoms with van der Waals surface area (Å²) in [6.45, 7) is 3.99. The third kappa shape index (κ3) is 6.43. The van der Waals surface area contributed by atoms with Crippen LogP contribution in [0.3, 0.4) is 0 Å². The van der Waals surface area contributed by atoms with Gasteiger partial charge in [-0.3, -0.25) is 14.3 Å². The van der Waals surface area contributed by atoms with E-state index in [1.54, 1.807) is 0 Å². The molecule has 0 spiro atoms. The first kappa shape index (κ1) is 30.1. The number of nitrogens with zero attached hydrogens (tertiary/aromatic N) is 5. The van der Waals surface area contributed by atoms with Gasteiger partial charge in [0, 0.05) is 38.6 Å². The average molecular weight is 604 g/mol. The summed E-state index contributed by atoms with van der Waals surface area (Å²) in [5.74, 6) is -0.224. The number of aliphatic hydroxyl groups excluding tert-OH is 3. The zero-order valence-corrected chi connectivity index (χ0v) is 24.2. The van der Waals surface area contributed by atoms with E-state index in [1.807, 2.05) is 36.4 Å². The third-order valence-electron chi connectivity index (χ3n) is 8.11. The zero-order valence-electron chi connectivity index (χ0n) is 24.2. The maximum absolute atomic E-state index is 13.3. The van der Waals surface area contributed by atoms with Crippen LogP contribution in [-0.2, 0) is 9.47 Å². The van der Waals surface area contributed by atoms with E-state index < -0.39 is 37.1 Å². The number of hydrogen-bond donors (Lipinski definition) is 5. The molecule has 2 saturated heterocycles. The fraction of sp³-hybridized carbons (Fsp3) is 0.419. The number of aromatic nitrogens is 4. The highest BCUT2D eigenvalue weighted by atomic mass is 16.6. The maximum atomic E-state index is 13.3. The van der Waals surface area contributed by atoms with Crippen LogP contribution < -0.4 is 10.6 Å². The molecule has 1 amide bonds. The molecule has 5 N–H and O–H groups in total. The molecule has 2 aliphatic heterocycles. The van der Waals surface area contributed by atoms with Crippen molar-refractivity contribution in [2.75, 3.05) is 57.9 Å². The summed E-state index contributed by atoms with van der Waals surface area (Å²) in [6.07, 6.45) is -3.28. The van der Waals surface area contributed by atoms with Gasteiger partial charge in [-0.05, 0) is 11.1 Å². The lowest BCUT2D eigenvalue weighted by Gasteiger charge is -2.26. The molecule has 2 fully saturated rings. The first-order valence-electron chi connectivity index (χ1n) is 14.8. The van der Waals surface area contributed by atoms with Gasteiger partial charge >= 0.3 is 0 Å². The summed E-state index contributed by atoms with van der Waals surface area (Å²) in [5, 5.41) is 37.0. The van der Waals surface area contributed by atoms with Crippen molar-refractivity contribution in [2.45, 2.75) is 30.5 Å². The fourth-order valence-electron chi connectivity index (χ4n) is 5.67. The minimum absolute atomic E-state index is 0.0317. The lowest BCUT2D eigenvalue weighted by Crippen LogP contribution is -2.41. The van der Waals surface area contributed by atoms with E-state index in [0.29, 0.717) is 44.2 Å². The number of imidazole rings is 1. The Hall–Kier alpha value is -3.98. The first-order chi connectivity index (χ1) is 21.5. The summed E-state index contributed by atoms with van der Waals surface area (Å²) in [4.78, 5) is 29.2. The Labute approximate surface area is 254 Å². The van der Waals surface area contributed by atoms with Crippen LogP contribution in [0.25, 0.3) is 11.2 Å². The molecule has 6 rings (SSSR count). The van der Waals surface area contributed by atoms with E-state index in [9.17, 15) is 20.1 Å². The Bertz CT molecular complexity index is 1490. The predicted octanol–water partition coefficient (Wildman–Crippen LogP) is 0.744. The largest absolute Gasteiger partial charge is 0.394 e. The highest BCUT2D eigenvalue weighted by Crippen LogP contribution is 2.33. The van der Waals surface area contributed by atoms with Crippen LogP contribution in [0.5, 0.6) is 0 Å². The number of morpholine rings is 1. The molecule has 13 nitrogen and oxygen atoms in total. The fourth-order valence-corrected chi connectivity index (χ4v) is 5.67. The minimum Gasteiger partial charge on any atom is -0.394 e. The van der Waals surface area contributed by atoms with Crippen molar-refractivity contribution in [3.05, 3.63) is 83.9 Å². The van der Waals surface area contributed by atoms with E-state index in [4.69, 9.17) is 9.47 Å². The molecule has 44 heavy (non-hydrogen) atoms. The number of fused-ring (bicyclic) bond motifs is 1. The van der Waals surface area contributed by atoms with Gasteiger partial charge in [0.05, 0.1) is 26.1 Å². The maximum Gasteiger partial charge on any atom is 0.289 e. The normalized spacial score (nSPS) is 22.5. The number of carbonyl (C=O) groups is 1. The second-order valence-corrected chi connectivity index (χ2v) is 10.9. The molecule has 4 atom stereocenters. The van der Waals surface area contributed by atoms with Gasteiger partial charge in [0.15, 0.2) is 23.2 Å². The Balaban J connectivity index is 1.31. The van der Waals surface area contributed by atoms with Gasteiger partial charge in [-0.25, -0.2) is 15.0 Å². The Morgan fingerprint density at radius 1 is 0.977 bits per heavy atom. The smallest absolute Gasteiger partial charge is 0.289 e. The summed E-state index contributed by atoms with van der Waals surface area (Å²) >= 11 is 0. The minimum atomic E-state index is -1.35. The molecule has 232 valence electrons. The van der Waals surface area contributed by atoms with Crippen molar-refractivity contribution in [2.24, 2.45) is 0 Å². The predicted molar refractivity (Wildman–Crippen MR) is 161 cm³/mol. The van der Waals surface area contributed by atoms with E-state index in [-0.39, 0.29) is 17.4 Å². The Kier molecular flexibility index (Phi) is 9.40. The number of anilines is 1. The Morgan fingerprint density at radius 2 is 1.66 bits per heavy atom. The highest BCUT2D eigenvalue weighted by Gasteiger charge is 2.44. The molecule has 2 aromatic heterocycles. The number of ether oxygens (including phenoxy) is 2. The van der Waals surface area contributed by atoms with Crippen molar-refractivity contribution in [3.8, 4) is 0 Å². The van der Waals surface area contributed by atoms with Crippen molar-refractivity contribution in [1.29, 1.82) is 0 Å². The van der Waals surface area contributed by atoms with Crippen LogP contribution in [0, 0.1) is 0 Å². The molecule has 0 saturated carbocycles. The summed E-state index contributed by atoms with van der Waals surface area (Å²) < 4.78 is 12.6. The molecule has 4 aromatic rings. The van der Waals surface area contributed by atoms with Gasteiger partial charge in [-0.15, -0.1) is 0 Å². The van der Waals surface area contributed by atoms with Gasteiger partial charge in [-0.2, -0.15) is 0 Å². The highest BCUT2D eigenvalue weighted by molar-refractivity contribution is 5.94. The number of nitrogens with one attached hydrogen (secondary N) is 2. The van der Waals surface area contributed by atoms with E-state index in [2.05, 4.69) is 54.8 Å². The average Bonchev–Trinajstić information content (AvgIpc) is 3.62. The second-order valence-electron chi connectivity index (χ2n) is 10.9. The van der Waals surface area contributed by atoms with Gasteiger partial charge in [-0.1, -0.05) is 60.7 Å². The molecule has 0 bridgehead atoms. The topological polar surface area (TPSA) is 167 Å².